The fourth-order valence-corrected chi connectivity index (χ4v) is 1.96. The lowest BCUT2D eigenvalue weighted by molar-refractivity contribution is -0.117. The van der Waals surface area contributed by atoms with Gasteiger partial charge in [-0.3, -0.25) is 4.79 Å². The fourth-order valence-electron chi connectivity index (χ4n) is 1.54. The van der Waals surface area contributed by atoms with E-state index in [0.717, 1.165) is 11.1 Å². The van der Waals surface area contributed by atoms with Crippen molar-refractivity contribution in [2.75, 3.05) is 0 Å². The van der Waals surface area contributed by atoms with Gasteiger partial charge in [-0.05, 0) is 23.3 Å². The second-order valence-corrected chi connectivity index (χ2v) is 4.04. The molecule has 1 aliphatic rings. The molecular weight excluding hydrogens is 188 g/mol. The maximum absolute atomic E-state index is 11.0. The standard InChI is InChI=1S/C9H8O3S/c10-8-3-6-1-2-9(13(11)12)5-7(6)4-8/h1-2,5H,3-4H2,(H,11,12). The van der Waals surface area contributed by atoms with Crippen molar-refractivity contribution in [3.8, 4) is 0 Å². The molecule has 3 nitrogen and oxygen atoms in total. The van der Waals surface area contributed by atoms with E-state index in [1.165, 1.54) is 0 Å². The Morgan fingerprint density at radius 3 is 2.62 bits per heavy atom. The van der Waals surface area contributed by atoms with Gasteiger partial charge in [0.2, 0.25) is 0 Å². The number of carbonyl (C=O) groups is 1. The van der Waals surface area contributed by atoms with Crippen LogP contribution < -0.4 is 0 Å². The molecule has 0 radical (unpaired) electrons. The normalized spacial score (nSPS) is 17.2. The first-order chi connectivity index (χ1) is 6.16. The highest BCUT2D eigenvalue weighted by Gasteiger charge is 2.18. The minimum Gasteiger partial charge on any atom is -0.302 e. The number of rotatable bonds is 1. The SMILES string of the molecule is O=C1Cc2ccc(S(=O)O)cc2C1. The molecule has 2 rings (SSSR count). The lowest BCUT2D eigenvalue weighted by Gasteiger charge is -1.99. The topological polar surface area (TPSA) is 54.4 Å². The van der Waals surface area contributed by atoms with E-state index in [-0.39, 0.29) is 5.78 Å². The number of hydrogen-bond donors (Lipinski definition) is 1. The zero-order chi connectivity index (χ0) is 9.42. The number of fused-ring (bicyclic) bond motifs is 1. The summed E-state index contributed by atoms with van der Waals surface area (Å²) in [6.07, 6.45) is 0.869. The Balaban J connectivity index is 2.45. The van der Waals surface area contributed by atoms with Gasteiger partial charge in [0.15, 0.2) is 11.1 Å². The summed E-state index contributed by atoms with van der Waals surface area (Å²) in [5, 5.41) is 0. The molecule has 1 aliphatic carbocycles. The minimum absolute atomic E-state index is 0.177. The van der Waals surface area contributed by atoms with Crippen LogP contribution in [-0.4, -0.2) is 14.5 Å². The van der Waals surface area contributed by atoms with Crippen LogP contribution in [0.25, 0.3) is 0 Å². The van der Waals surface area contributed by atoms with E-state index in [4.69, 9.17) is 4.55 Å². The van der Waals surface area contributed by atoms with Gasteiger partial charge in [0.25, 0.3) is 0 Å². The predicted octanol–water partition coefficient (Wildman–Crippen LogP) is 0.935. The molecule has 0 bridgehead atoms. The van der Waals surface area contributed by atoms with Crippen molar-refractivity contribution < 1.29 is 13.6 Å². The molecule has 0 amide bonds. The Morgan fingerprint density at radius 2 is 1.92 bits per heavy atom. The van der Waals surface area contributed by atoms with Crippen molar-refractivity contribution in [2.24, 2.45) is 0 Å². The fraction of sp³-hybridized carbons (Fsp3) is 0.222. The highest BCUT2D eigenvalue weighted by molar-refractivity contribution is 7.79. The zero-order valence-corrected chi connectivity index (χ0v) is 7.63. The third-order valence-corrected chi connectivity index (χ3v) is 2.81. The van der Waals surface area contributed by atoms with Gasteiger partial charge in [-0.2, -0.15) is 0 Å². The zero-order valence-electron chi connectivity index (χ0n) is 6.82. The molecule has 0 spiro atoms. The van der Waals surface area contributed by atoms with Crippen LogP contribution in [0.2, 0.25) is 0 Å². The minimum atomic E-state index is -1.94. The van der Waals surface area contributed by atoms with E-state index in [1.54, 1.807) is 18.2 Å². The molecule has 68 valence electrons. The first-order valence-corrected chi connectivity index (χ1v) is 5.02. The molecular formula is C9H8O3S. The van der Waals surface area contributed by atoms with Crippen LogP contribution in [0.5, 0.6) is 0 Å². The molecule has 0 saturated heterocycles. The number of ketones is 1. The van der Waals surface area contributed by atoms with E-state index in [9.17, 15) is 9.00 Å². The second-order valence-electron chi connectivity index (χ2n) is 3.07. The first kappa shape index (κ1) is 8.59. The monoisotopic (exact) mass is 196 g/mol. The molecule has 4 heteroatoms. The van der Waals surface area contributed by atoms with E-state index >= 15 is 0 Å². The van der Waals surface area contributed by atoms with Gasteiger partial charge in [-0.1, -0.05) is 6.07 Å². The van der Waals surface area contributed by atoms with Crippen LogP contribution in [0.15, 0.2) is 23.1 Å². The molecule has 0 aliphatic heterocycles. The van der Waals surface area contributed by atoms with Crippen LogP contribution in [0.1, 0.15) is 11.1 Å². The smallest absolute Gasteiger partial charge is 0.186 e. The van der Waals surface area contributed by atoms with Crippen LogP contribution in [0, 0.1) is 0 Å². The number of benzene rings is 1. The van der Waals surface area contributed by atoms with Crippen molar-refractivity contribution >= 4 is 16.9 Å². The van der Waals surface area contributed by atoms with E-state index in [1.807, 2.05) is 0 Å². The largest absolute Gasteiger partial charge is 0.302 e. The van der Waals surface area contributed by atoms with Gasteiger partial charge in [0.1, 0.15) is 5.78 Å². The quantitative estimate of drug-likeness (QED) is 0.680. The lowest BCUT2D eigenvalue weighted by Crippen LogP contribution is -1.92. The summed E-state index contributed by atoms with van der Waals surface area (Å²) in [6.45, 7) is 0. The highest BCUT2D eigenvalue weighted by atomic mass is 32.2. The third kappa shape index (κ3) is 1.55. The van der Waals surface area contributed by atoms with Crippen molar-refractivity contribution in [3.63, 3.8) is 0 Å². The Labute approximate surface area is 78.1 Å². The Hall–Kier alpha value is -1.00. The highest BCUT2D eigenvalue weighted by Crippen LogP contribution is 2.21. The van der Waals surface area contributed by atoms with Gasteiger partial charge in [-0.25, -0.2) is 4.21 Å². The summed E-state index contributed by atoms with van der Waals surface area (Å²) in [6, 6.07) is 4.98. The van der Waals surface area contributed by atoms with Crippen LogP contribution in [0.4, 0.5) is 0 Å². The van der Waals surface area contributed by atoms with Crippen molar-refractivity contribution in [3.05, 3.63) is 29.3 Å². The Bertz CT molecular complexity index is 398. The van der Waals surface area contributed by atoms with Crippen molar-refractivity contribution in [1.82, 2.24) is 0 Å². The third-order valence-electron chi connectivity index (χ3n) is 2.15. The number of Topliss-reactive ketones (excluding diaryl/α,β-unsaturated/α-hetero) is 1. The predicted molar refractivity (Wildman–Crippen MR) is 47.9 cm³/mol. The molecule has 1 aromatic carbocycles. The summed E-state index contributed by atoms with van der Waals surface area (Å²) in [4.78, 5) is 11.4. The molecule has 1 unspecified atom stereocenters. The van der Waals surface area contributed by atoms with Crippen molar-refractivity contribution in [1.29, 1.82) is 0 Å². The summed E-state index contributed by atoms with van der Waals surface area (Å²) in [5.41, 5.74) is 1.88. The molecule has 1 atom stereocenters. The summed E-state index contributed by atoms with van der Waals surface area (Å²) in [7, 11) is 0. The molecule has 0 saturated carbocycles. The van der Waals surface area contributed by atoms with Crippen LogP contribution in [-0.2, 0) is 28.7 Å². The maximum atomic E-state index is 11.0. The molecule has 0 heterocycles. The average Bonchev–Trinajstić information content (AvgIpc) is 2.42. The lowest BCUT2D eigenvalue weighted by atomic mass is 10.1. The van der Waals surface area contributed by atoms with Gasteiger partial charge in [0.05, 0.1) is 4.90 Å². The summed E-state index contributed by atoms with van der Waals surface area (Å²) < 4.78 is 19.5. The van der Waals surface area contributed by atoms with Crippen molar-refractivity contribution in [2.45, 2.75) is 17.7 Å². The average molecular weight is 196 g/mol. The van der Waals surface area contributed by atoms with Gasteiger partial charge < -0.3 is 4.55 Å². The second kappa shape index (κ2) is 3.05. The number of carbonyl (C=O) groups excluding carboxylic acids is 1. The molecule has 0 aromatic heterocycles. The number of hydrogen-bond acceptors (Lipinski definition) is 2. The Morgan fingerprint density at radius 1 is 1.23 bits per heavy atom. The van der Waals surface area contributed by atoms with E-state index < -0.39 is 11.1 Å². The summed E-state index contributed by atoms with van der Waals surface area (Å²) in [5.74, 6) is 0.177. The Kier molecular flexibility index (Phi) is 2.01. The van der Waals surface area contributed by atoms with Crippen LogP contribution >= 0.6 is 0 Å². The molecule has 1 N–H and O–H groups in total. The first-order valence-electron chi connectivity index (χ1n) is 3.91. The van der Waals surface area contributed by atoms with Gasteiger partial charge in [-0.15, -0.1) is 0 Å². The molecule has 1 aromatic rings. The van der Waals surface area contributed by atoms with E-state index in [2.05, 4.69) is 0 Å². The van der Waals surface area contributed by atoms with Crippen LogP contribution in [0.3, 0.4) is 0 Å². The molecule has 0 fully saturated rings. The maximum Gasteiger partial charge on any atom is 0.186 e. The van der Waals surface area contributed by atoms with E-state index in [0.29, 0.717) is 17.7 Å². The summed E-state index contributed by atoms with van der Waals surface area (Å²) >= 11 is -1.94. The van der Waals surface area contributed by atoms with Gasteiger partial charge in [0, 0.05) is 12.8 Å². The van der Waals surface area contributed by atoms with Gasteiger partial charge >= 0.3 is 0 Å². The molecule has 13 heavy (non-hydrogen) atoms.